The molecule has 0 radical (unpaired) electrons. The molecule has 0 N–H and O–H groups in total. The molecule has 0 saturated carbocycles. The largest absolute Gasteiger partial charge is 0.378 e. The number of hydrogen-bond acceptors (Lipinski definition) is 4. The van der Waals surface area contributed by atoms with Crippen molar-refractivity contribution in [3.05, 3.63) is 45.1 Å². The van der Waals surface area contributed by atoms with E-state index in [1.807, 2.05) is 44.2 Å². The van der Waals surface area contributed by atoms with Gasteiger partial charge in [0.15, 0.2) is 5.82 Å². The van der Waals surface area contributed by atoms with Crippen molar-refractivity contribution in [1.82, 2.24) is 14.1 Å². The fraction of sp³-hybridized carbons (Fsp3) is 0.267. The summed E-state index contributed by atoms with van der Waals surface area (Å²) in [6, 6.07) is 7.76. The summed E-state index contributed by atoms with van der Waals surface area (Å²) in [5.74, 6) is 0.409. The second kappa shape index (κ2) is 4.44. The zero-order valence-corrected chi connectivity index (χ0v) is 12.4. The molecule has 108 valence electrons. The first-order valence-electron chi connectivity index (χ1n) is 6.58. The van der Waals surface area contributed by atoms with Crippen molar-refractivity contribution in [1.29, 1.82) is 0 Å². The van der Waals surface area contributed by atoms with Gasteiger partial charge in [0.1, 0.15) is 0 Å². The Morgan fingerprint density at radius 3 is 2.43 bits per heavy atom. The molecule has 6 nitrogen and oxygen atoms in total. The quantitative estimate of drug-likeness (QED) is 0.620. The van der Waals surface area contributed by atoms with E-state index in [1.54, 1.807) is 10.6 Å². The third-order valence-corrected chi connectivity index (χ3v) is 3.77. The first-order valence-corrected chi connectivity index (χ1v) is 6.58. The number of aromatic nitrogens is 3. The Labute approximate surface area is 121 Å². The Morgan fingerprint density at radius 1 is 1.05 bits per heavy atom. The summed E-state index contributed by atoms with van der Waals surface area (Å²) in [5.41, 5.74) is 1.56. The predicted octanol–water partition coefficient (Wildman–Crippen LogP) is 0.803. The number of aryl methyl sites for hydroxylation is 1. The molecule has 0 saturated heterocycles. The molecule has 0 bridgehead atoms. The second-order valence-electron chi connectivity index (χ2n) is 5.34. The molecule has 0 aliphatic carbocycles. The van der Waals surface area contributed by atoms with Crippen LogP contribution in [0.15, 0.2) is 33.9 Å². The molecule has 0 amide bonds. The third-order valence-electron chi connectivity index (χ3n) is 3.77. The topological polar surface area (TPSA) is 60.1 Å². The Kier molecular flexibility index (Phi) is 2.83. The van der Waals surface area contributed by atoms with Gasteiger partial charge in [0.2, 0.25) is 0 Å². The molecule has 1 aromatic carbocycles. The summed E-state index contributed by atoms with van der Waals surface area (Å²) in [5, 5.41) is 0.938. The van der Waals surface area contributed by atoms with Crippen LogP contribution in [0.2, 0.25) is 0 Å². The van der Waals surface area contributed by atoms with E-state index in [1.165, 1.54) is 7.05 Å². The molecule has 0 spiro atoms. The summed E-state index contributed by atoms with van der Waals surface area (Å²) >= 11 is 0. The van der Waals surface area contributed by atoms with Crippen LogP contribution in [0.5, 0.6) is 0 Å². The van der Waals surface area contributed by atoms with Crippen molar-refractivity contribution >= 4 is 16.6 Å². The van der Waals surface area contributed by atoms with Crippen molar-refractivity contribution in [2.24, 2.45) is 14.1 Å². The van der Waals surface area contributed by atoms with E-state index < -0.39 is 5.69 Å². The van der Waals surface area contributed by atoms with E-state index in [2.05, 4.69) is 4.98 Å². The van der Waals surface area contributed by atoms with Gasteiger partial charge >= 0.3 is 5.69 Å². The van der Waals surface area contributed by atoms with Crippen LogP contribution in [0.4, 0.5) is 5.69 Å². The Hall–Kier alpha value is -2.63. The monoisotopic (exact) mass is 284 g/mol. The summed E-state index contributed by atoms with van der Waals surface area (Å²) in [7, 11) is 7.18. The van der Waals surface area contributed by atoms with Crippen LogP contribution in [-0.4, -0.2) is 28.2 Å². The smallest absolute Gasteiger partial charge is 0.352 e. The van der Waals surface area contributed by atoms with Gasteiger partial charge in [0.05, 0.1) is 11.1 Å². The normalized spacial score (nSPS) is 11.2. The maximum atomic E-state index is 12.2. The van der Waals surface area contributed by atoms with Crippen LogP contribution in [0.1, 0.15) is 0 Å². The van der Waals surface area contributed by atoms with Gasteiger partial charge in [0.25, 0.3) is 5.56 Å². The van der Waals surface area contributed by atoms with E-state index in [9.17, 15) is 9.59 Å². The number of nitrogens with zero attached hydrogens (tertiary/aromatic N) is 4. The maximum Gasteiger partial charge on any atom is 0.352 e. The molecule has 0 fully saturated rings. The van der Waals surface area contributed by atoms with E-state index in [-0.39, 0.29) is 5.56 Å². The molecule has 0 unspecified atom stereocenters. The third kappa shape index (κ3) is 1.91. The molecular weight excluding hydrogens is 268 g/mol. The van der Waals surface area contributed by atoms with Gasteiger partial charge < -0.3 is 9.47 Å². The maximum absolute atomic E-state index is 12.2. The molecule has 3 rings (SSSR count). The lowest BCUT2D eigenvalue weighted by Crippen LogP contribution is -2.35. The molecule has 6 heteroatoms. The van der Waals surface area contributed by atoms with Gasteiger partial charge in [-0.25, -0.2) is 4.79 Å². The van der Waals surface area contributed by atoms with E-state index in [0.29, 0.717) is 11.4 Å². The highest BCUT2D eigenvalue weighted by atomic mass is 16.2. The highest BCUT2D eigenvalue weighted by molar-refractivity contribution is 5.87. The van der Waals surface area contributed by atoms with Crippen LogP contribution in [0.25, 0.3) is 22.3 Å². The zero-order valence-electron chi connectivity index (χ0n) is 12.4. The Morgan fingerprint density at radius 2 is 1.76 bits per heavy atom. The number of fused-ring (bicyclic) bond motifs is 2. The van der Waals surface area contributed by atoms with Gasteiger partial charge in [-0.15, -0.1) is 0 Å². The van der Waals surface area contributed by atoms with E-state index >= 15 is 0 Å². The molecule has 1 aromatic rings. The fourth-order valence-electron chi connectivity index (χ4n) is 2.46. The van der Waals surface area contributed by atoms with Gasteiger partial charge in [-0.1, -0.05) is 6.07 Å². The molecule has 21 heavy (non-hydrogen) atoms. The lowest BCUT2D eigenvalue weighted by atomic mass is 10.1. The molecule has 2 aliphatic heterocycles. The zero-order chi connectivity index (χ0) is 15.3. The summed E-state index contributed by atoms with van der Waals surface area (Å²) in [4.78, 5) is 30.0. The minimum Gasteiger partial charge on any atom is -0.378 e. The average molecular weight is 284 g/mol. The Balaban J connectivity index is 2.50. The van der Waals surface area contributed by atoms with Gasteiger partial charge in [-0.3, -0.25) is 9.36 Å². The van der Waals surface area contributed by atoms with Crippen LogP contribution in [0.3, 0.4) is 0 Å². The molecule has 0 aromatic heterocycles. The van der Waals surface area contributed by atoms with Crippen LogP contribution >= 0.6 is 0 Å². The standard InChI is InChI=1S/C15H16N4O2/c1-17(2)10-6-5-9-7-11-13(18(3)12(9)8-10)16-15(21)19(4)14(11)20/h5-8H,1-4H3. The van der Waals surface area contributed by atoms with Gasteiger partial charge in [0, 0.05) is 33.9 Å². The minimum absolute atomic E-state index is 0.320. The lowest BCUT2D eigenvalue weighted by molar-refractivity contribution is 0.757. The van der Waals surface area contributed by atoms with Gasteiger partial charge in [-0.2, -0.15) is 4.98 Å². The molecule has 2 aliphatic rings. The number of pyridine rings is 1. The molecular formula is C15H16N4O2. The first kappa shape index (κ1) is 13.4. The van der Waals surface area contributed by atoms with Crippen LogP contribution < -0.4 is 16.1 Å². The summed E-state index contributed by atoms with van der Waals surface area (Å²) < 4.78 is 2.82. The highest BCUT2D eigenvalue weighted by Crippen LogP contribution is 2.26. The average Bonchev–Trinajstić information content (AvgIpc) is 2.46. The Bertz CT molecular complexity index is 937. The summed E-state index contributed by atoms with van der Waals surface area (Å²) in [6.07, 6.45) is 0. The van der Waals surface area contributed by atoms with Crippen molar-refractivity contribution in [3.8, 4) is 11.4 Å². The number of rotatable bonds is 1. The van der Waals surface area contributed by atoms with Gasteiger partial charge in [-0.05, 0) is 23.6 Å². The molecule has 0 atom stereocenters. The van der Waals surface area contributed by atoms with Crippen molar-refractivity contribution in [3.63, 3.8) is 0 Å². The van der Waals surface area contributed by atoms with Crippen LogP contribution in [-0.2, 0) is 14.1 Å². The first-order chi connectivity index (χ1) is 9.90. The SMILES string of the molecule is CN(C)c1ccc2cc3c(=O)n(C)c(=O)nc-3n(C)c2c1. The van der Waals surface area contributed by atoms with E-state index in [4.69, 9.17) is 0 Å². The van der Waals surface area contributed by atoms with Crippen LogP contribution in [0, 0.1) is 0 Å². The number of benzene rings is 1. The second-order valence-corrected chi connectivity index (χ2v) is 5.34. The lowest BCUT2D eigenvalue weighted by Gasteiger charge is -2.17. The van der Waals surface area contributed by atoms with Crippen molar-refractivity contribution < 1.29 is 0 Å². The van der Waals surface area contributed by atoms with E-state index in [0.717, 1.165) is 21.2 Å². The number of anilines is 1. The van der Waals surface area contributed by atoms with Crippen molar-refractivity contribution in [2.45, 2.75) is 0 Å². The predicted molar refractivity (Wildman–Crippen MR) is 83.2 cm³/mol. The number of hydrogen-bond donors (Lipinski definition) is 0. The summed E-state index contributed by atoms with van der Waals surface area (Å²) in [6.45, 7) is 0. The highest BCUT2D eigenvalue weighted by Gasteiger charge is 2.17. The minimum atomic E-state index is -0.536. The van der Waals surface area contributed by atoms with Crippen molar-refractivity contribution in [2.75, 3.05) is 19.0 Å². The fourth-order valence-corrected chi connectivity index (χ4v) is 2.46. The molecule has 2 heterocycles.